The molecule has 0 unspecified atom stereocenters. The topological polar surface area (TPSA) is 64.6 Å². The maximum Gasteiger partial charge on any atom is 0.331 e. The first-order valence-corrected chi connectivity index (χ1v) is 8.95. The van der Waals surface area contributed by atoms with Gasteiger partial charge >= 0.3 is 5.97 Å². The van der Waals surface area contributed by atoms with Crippen LogP contribution in [0.4, 0.5) is 5.69 Å². The third-order valence-corrected chi connectivity index (χ3v) is 3.85. The van der Waals surface area contributed by atoms with Gasteiger partial charge in [0.15, 0.2) is 6.10 Å². The lowest BCUT2D eigenvalue weighted by Gasteiger charge is -2.12. The lowest BCUT2D eigenvalue weighted by atomic mass is 10.2. The smallest absolute Gasteiger partial charge is 0.331 e. The minimum Gasteiger partial charge on any atom is -0.494 e. The molecule has 1 N–H and O–H groups in total. The largest absolute Gasteiger partial charge is 0.494 e. The van der Waals surface area contributed by atoms with E-state index in [1.54, 1.807) is 30.3 Å². The maximum atomic E-state index is 12.1. The van der Waals surface area contributed by atoms with E-state index in [0.717, 1.165) is 15.8 Å². The van der Waals surface area contributed by atoms with Crippen LogP contribution in [0.15, 0.2) is 59.1 Å². The molecular weight excluding hydrogens is 398 g/mol. The van der Waals surface area contributed by atoms with Crippen molar-refractivity contribution in [3.8, 4) is 5.75 Å². The van der Waals surface area contributed by atoms with Gasteiger partial charge in [-0.15, -0.1) is 0 Å². The van der Waals surface area contributed by atoms with Crippen LogP contribution in [-0.2, 0) is 14.3 Å². The molecule has 0 aliphatic carbocycles. The second-order valence-corrected chi connectivity index (χ2v) is 6.33. The first kappa shape index (κ1) is 19.7. The number of benzene rings is 2. The molecule has 136 valence electrons. The van der Waals surface area contributed by atoms with Crippen LogP contribution in [0.5, 0.6) is 5.75 Å². The van der Waals surface area contributed by atoms with E-state index in [4.69, 9.17) is 9.47 Å². The molecule has 2 aromatic rings. The number of nitrogens with one attached hydrogen (secondary N) is 1. The van der Waals surface area contributed by atoms with Gasteiger partial charge in [0, 0.05) is 16.2 Å². The van der Waals surface area contributed by atoms with Gasteiger partial charge in [0.1, 0.15) is 5.75 Å². The number of carbonyl (C=O) groups is 2. The predicted molar refractivity (Wildman–Crippen MR) is 105 cm³/mol. The predicted octanol–water partition coefficient (Wildman–Crippen LogP) is 4.43. The number of halogens is 1. The number of esters is 1. The Hall–Kier alpha value is -2.60. The fourth-order valence-corrected chi connectivity index (χ4v) is 2.50. The van der Waals surface area contributed by atoms with Gasteiger partial charge in [-0.1, -0.05) is 28.1 Å². The Labute approximate surface area is 161 Å². The van der Waals surface area contributed by atoms with Crippen LogP contribution < -0.4 is 10.1 Å². The zero-order valence-electron chi connectivity index (χ0n) is 14.6. The van der Waals surface area contributed by atoms with Crippen molar-refractivity contribution < 1.29 is 19.1 Å². The Morgan fingerprint density at radius 1 is 1.19 bits per heavy atom. The maximum absolute atomic E-state index is 12.1. The highest BCUT2D eigenvalue weighted by Gasteiger charge is 2.16. The molecule has 0 saturated heterocycles. The summed E-state index contributed by atoms with van der Waals surface area (Å²) < 4.78 is 11.4. The minimum atomic E-state index is -0.916. The SMILES string of the molecule is CCOc1ccc(NC(=O)[C@@H](C)OC(=O)/C=C/c2cccc(Br)c2)cc1. The zero-order valence-corrected chi connectivity index (χ0v) is 16.2. The average Bonchev–Trinajstić information content (AvgIpc) is 2.62. The highest BCUT2D eigenvalue weighted by Crippen LogP contribution is 2.16. The van der Waals surface area contributed by atoms with Crippen LogP contribution in [0.25, 0.3) is 6.08 Å². The summed E-state index contributed by atoms with van der Waals surface area (Å²) in [5.41, 5.74) is 1.45. The van der Waals surface area contributed by atoms with E-state index in [-0.39, 0.29) is 0 Å². The Morgan fingerprint density at radius 3 is 2.58 bits per heavy atom. The van der Waals surface area contributed by atoms with Crippen LogP contribution in [0.1, 0.15) is 19.4 Å². The molecule has 26 heavy (non-hydrogen) atoms. The van der Waals surface area contributed by atoms with Crippen LogP contribution in [0, 0.1) is 0 Å². The van der Waals surface area contributed by atoms with Gasteiger partial charge in [-0.3, -0.25) is 4.79 Å². The van der Waals surface area contributed by atoms with Crippen molar-refractivity contribution in [1.82, 2.24) is 0 Å². The second kappa shape index (κ2) is 9.77. The summed E-state index contributed by atoms with van der Waals surface area (Å²) in [5.74, 6) is -0.264. The van der Waals surface area contributed by atoms with E-state index in [2.05, 4.69) is 21.2 Å². The van der Waals surface area contributed by atoms with Crippen molar-refractivity contribution in [2.24, 2.45) is 0 Å². The highest BCUT2D eigenvalue weighted by atomic mass is 79.9. The summed E-state index contributed by atoms with van der Waals surface area (Å²) in [5, 5.41) is 2.70. The van der Waals surface area contributed by atoms with Crippen molar-refractivity contribution in [1.29, 1.82) is 0 Å². The molecule has 0 heterocycles. The molecule has 1 atom stereocenters. The van der Waals surface area contributed by atoms with Gasteiger partial charge in [0.25, 0.3) is 5.91 Å². The van der Waals surface area contributed by atoms with E-state index >= 15 is 0 Å². The molecule has 5 nitrogen and oxygen atoms in total. The summed E-state index contributed by atoms with van der Waals surface area (Å²) in [7, 11) is 0. The van der Waals surface area contributed by atoms with Gasteiger partial charge in [0.2, 0.25) is 0 Å². The average molecular weight is 418 g/mol. The summed E-state index contributed by atoms with van der Waals surface area (Å²) >= 11 is 3.36. The standard InChI is InChI=1S/C20H20BrNO4/c1-3-25-18-10-8-17(9-11-18)22-20(24)14(2)26-19(23)12-7-15-5-4-6-16(21)13-15/h4-14H,3H2,1-2H3,(H,22,24)/b12-7+/t14-/m1/s1. The minimum absolute atomic E-state index is 0.404. The van der Waals surface area contributed by atoms with Crippen LogP contribution in [-0.4, -0.2) is 24.6 Å². The molecule has 6 heteroatoms. The van der Waals surface area contributed by atoms with E-state index in [9.17, 15) is 9.59 Å². The van der Waals surface area contributed by atoms with Gasteiger partial charge in [-0.2, -0.15) is 0 Å². The number of hydrogen-bond donors (Lipinski definition) is 1. The molecule has 0 spiro atoms. The van der Waals surface area contributed by atoms with Crippen molar-refractivity contribution in [2.45, 2.75) is 20.0 Å². The molecule has 0 radical (unpaired) electrons. The van der Waals surface area contributed by atoms with Crippen LogP contribution in [0.2, 0.25) is 0 Å². The zero-order chi connectivity index (χ0) is 18.9. The van der Waals surface area contributed by atoms with Crippen molar-refractivity contribution >= 4 is 39.6 Å². The number of carbonyl (C=O) groups excluding carboxylic acids is 2. The van der Waals surface area contributed by atoms with E-state index in [0.29, 0.717) is 12.3 Å². The molecule has 1 amide bonds. The number of hydrogen-bond acceptors (Lipinski definition) is 4. The Bertz CT molecular complexity index is 787. The van der Waals surface area contributed by atoms with Gasteiger partial charge < -0.3 is 14.8 Å². The van der Waals surface area contributed by atoms with E-state index < -0.39 is 18.0 Å². The second-order valence-electron chi connectivity index (χ2n) is 5.41. The number of ether oxygens (including phenoxy) is 2. The summed E-state index contributed by atoms with van der Waals surface area (Å²) in [6.07, 6.45) is 2.01. The summed E-state index contributed by atoms with van der Waals surface area (Å²) in [6.45, 7) is 4.00. The van der Waals surface area contributed by atoms with Gasteiger partial charge in [0.05, 0.1) is 6.61 Å². The number of rotatable bonds is 7. The number of amides is 1. The Kier molecular flexibility index (Phi) is 7.41. The molecule has 0 fully saturated rings. The Balaban J connectivity index is 1.86. The summed E-state index contributed by atoms with van der Waals surface area (Å²) in [6, 6.07) is 14.5. The van der Waals surface area contributed by atoms with Crippen LogP contribution in [0.3, 0.4) is 0 Å². The molecule has 0 saturated carbocycles. The Morgan fingerprint density at radius 2 is 1.92 bits per heavy atom. The molecule has 2 aromatic carbocycles. The lowest BCUT2D eigenvalue weighted by Crippen LogP contribution is -2.29. The lowest BCUT2D eigenvalue weighted by molar-refractivity contribution is -0.148. The third-order valence-electron chi connectivity index (χ3n) is 3.36. The first-order valence-electron chi connectivity index (χ1n) is 8.16. The summed E-state index contributed by atoms with van der Waals surface area (Å²) in [4.78, 5) is 24.0. The normalized spacial score (nSPS) is 11.8. The molecule has 0 bridgehead atoms. The number of anilines is 1. The van der Waals surface area contributed by atoms with E-state index in [1.165, 1.54) is 13.0 Å². The highest BCUT2D eigenvalue weighted by molar-refractivity contribution is 9.10. The van der Waals surface area contributed by atoms with Crippen molar-refractivity contribution in [2.75, 3.05) is 11.9 Å². The van der Waals surface area contributed by atoms with Gasteiger partial charge in [-0.25, -0.2) is 4.79 Å². The van der Waals surface area contributed by atoms with Gasteiger partial charge in [-0.05, 0) is 61.9 Å². The molecule has 0 aliphatic heterocycles. The fraction of sp³-hybridized carbons (Fsp3) is 0.200. The van der Waals surface area contributed by atoms with Crippen LogP contribution >= 0.6 is 15.9 Å². The van der Waals surface area contributed by atoms with Crippen molar-refractivity contribution in [3.63, 3.8) is 0 Å². The van der Waals surface area contributed by atoms with E-state index in [1.807, 2.05) is 31.2 Å². The third kappa shape index (κ3) is 6.37. The van der Waals surface area contributed by atoms with Crippen molar-refractivity contribution in [3.05, 3.63) is 64.6 Å². The molecule has 0 aliphatic rings. The molecular formula is C20H20BrNO4. The molecule has 2 rings (SSSR count). The first-order chi connectivity index (χ1) is 12.5. The fourth-order valence-electron chi connectivity index (χ4n) is 2.09. The monoisotopic (exact) mass is 417 g/mol. The quantitative estimate of drug-likeness (QED) is 0.534. The molecule has 0 aromatic heterocycles.